The fourth-order valence-electron chi connectivity index (χ4n) is 5.36. The lowest BCUT2D eigenvalue weighted by atomic mass is 9.72. The molecule has 5 nitrogen and oxygen atoms in total. The molecule has 1 aliphatic heterocycles. The Morgan fingerprint density at radius 1 is 0.944 bits per heavy atom. The van der Waals surface area contributed by atoms with Gasteiger partial charge in [-0.1, -0.05) is 37.5 Å². The van der Waals surface area contributed by atoms with Crippen molar-refractivity contribution < 1.29 is 27.8 Å². The van der Waals surface area contributed by atoms with Crippen LogP contribution in [-0.4, -0.2) is 67.4 Å². The summed E-state index contributed by atoms with van der Waals surface area (Å²) < 4.78 is 50.0. The maximum Gasteiger partial charge on any atom is 0.416 e. The van der Waals surface area contributed by atoms with Gasteiger partial charge in [-0.25, -0.2) is 0 Å². The fourth-order valence-corrected chi connectivity index (χ4v) is 5.36. The summed E-state index contributed by atoms with van der Waals surface area (Å²) in [5.41, 5.74) is 0.228. The average molecular weight is 507 g/mol. The molecule has 0 spiro atoms. The van der Waals surface area contributed by atoms with Crippen LogP contribution < -0.4 is 9.47 Å². The number of aliphatic hydroxyl groups is 1. The van der Waals surface area contributed by atoms with Crippen molar-refractivity contribution in [2.24, 2.45) is 0 Å². The highest BCUT2D eigenvalue weighted by Crippen LogP contribution is 2.43. The van der Waals surface area contributed by atoms with E-state index in [1.54, 1.807) is 7.11 Å². The smallest absolute Gasteiger partial charge is 0.416 e. The van der Waals surface area contributed by atoms with E-state index in [9.17, 15) is 18.3 Å². The molecule has 2 aromatic rings. The van der Waals surface area contributed by atoms with Gasteiger partial charge >= 0.3 is 6.18 Å². The van der Waals surface area contributed by atoms with Crippen LogP contribution in [0.2, 0.25) is 0 Å². The molecule has 198 valence electrons. The second-order valence-corrected chi connectivity index (χ2v) is 10.2. The Hall–Kier alpha value is -2.29. The Labute approximate surface area is 211 Å². The minimum absolute atomic E-state index is 0.0425. The number of hydrogen-bond donors (Lipinski definition) is 1. The summed E-state index contributed by atoms with van der Waals surface area (Å²) in [4.78, 5) is 4.77. The van der Waals surface area contributed by atoms with Crippen LogP contribution in [0.1, 0.15) is 54.7 Å². The van der Waals surface area contributed by atoms with Gasteiger partial charge in [0.25, 0.3) is 0 Å². The third-order valence-corrected chi connectivity index (χ3v) is 7.67. The lowest BCUT2D eigenvalue weighted by Gasteiger charge is -2.43. The summed E-state index contributed by atoms with van der Waals surface area (Å²) in [6.07, 6.45) is 0.438. The number of methoxy groups -OCH3 is 1. The van der Waals surface area contributed by atoms with E-state index in [2.05, 4.69) is 16.8 Å². The minimum Gasteiger partial charge on any atom is -0.493 e. The zero-order valence-electron chi connectivity index (χ0n) is 21.2. The van der Waals surface area contributed by atoms with Crippen molar-refractivity contribution in [2.45, 2.75) is 56.4 Å². The molecule has 1 unspecified atom stereocenters. The molecule has 2 aromatic carbocycles. The van der Waals surface area contributed by atoms with Gasteiger partial charge in [-0.05, 0) is 55.3 Å². The molecule has 1 saturated carbocycles. The number of halogens is 3. The predicted molar refractivity (Wildman–Crippen MR) is 133 cm³/mol. The van der Waals surface area contributed by atoms with E-state index in [1.165, 1.54) is 12.1 Å². The van der Waals surface area contributed by atoms with Crippen LogP contribution in [0.3, 0.4) is 0 Å². The van der Waals surface area contributed by atoms with Crippen molar-refractivity contribution >= 4 is 0 Å². The van der Waals surface area contributed by atoms with Crippen LogP contribution in [0.4, 0.5) is 13.2 Å². The Kier molecular flexibility index (Phi) is 8.48. The SMILES string of the molecule is COc1cc(C(CN2CCN(C)CC2)C2(O)CCCCC2)ccc1OCc1ccc(C(F)(F)F)cc1. The number of alkyl halides is 3. The molecular formula is C28H37F3N2O3. The second-order valence-electron chi connectivity index (χ2n) is 10.2. The number of nitrogens with zero attached hydrogens (tertiary/aromatic N) is 2. The van der Waals surface area contributed by atoms with Gasteiger partial charge in [0.2, 0.25) is 0 Å². The largest absolute Gasteiger partial charge is 0.493 e. The summed E-state index contributed by atoms with van der Waals surface area (Å²) in [6, 6.07) is 10.8. The van der Waals surface area contributed by atoms with Gasteiger partial charge in [-0.3, -0.25) is 0 Å². The van der Waals surface area contributed by atoms with E-state index in [4.69, 9.17) is 9.47 Å². The summed E-state index contributed by atoms with van der Waals surface area (Å²) in [6.45, 7) is 4.92. The number of piperazine rings is 1. The van der Waals surface area contributed by atoms with Gasteiger partial charge in [0.15, 0.2) is 11.5 Å². The summed E-state index contributed by atoms with van der Waals surface area (Å²) in [7, 11) is 3.71. The highest BCUT2D eigenvalue weighted by molar-refractivity contribution is 5.45. The molecular weight excluding hydrogens is 469 g/mol. The first-order valence-corrected chi connectivity index (χ1v) is 12.8. The standard InChI is InChI=1S/C28H37F3N2O3/c1-32-14-16-33(17-15-32)19-24(27(34)12-4-3-5-13-27)22-8-11-25(26(18-22)35-2)36-20-21-6-9-23(10-7-21)28(29,30)31/h6-11,18,24,34H,3-5,12-17,19-20H2,1-2H3. The monoisotopic (exact) mass is 506 g/mol. The minimum atomic E-state index is -4.36. The zero-order chi connectivity index (χ0) is 25.8. The molecule has 8 heteroatoms. The van der Waals surface area contributed by atoms with Crippen molar-refractivity contribution in [2.75, 3.05) is 46.9 Å². The first-order chi connectivity index (χ1) is 17.2. The van der Waals surface area contributed by atoms with Gasteiger partial charge in [0.1, 0.15) is 6.61 Å². The topological polar surface area (TPSA) is 45.2 Å². The Morgan fingerprint density at radius 2 is 1.61 bits per heavy atom. The molecule has 1 atom stereocenters. The van der Waals surface area contributed by atoms with E-state index >= 15 is 0 Å². The van der Waals surface area contributed by atoms with Gasteiger partial charge < -0.3 is 24.4 Å². The first-order valence-electron chi connectivity index (χ1n) is 12.8. The Balaban J connectivity index is 1.51. The quantitative estimate of drug-likeness (QED) is 0.525. The van der Waals surface area contributed by atoms with Crippen molar-refractivity contribution in [1.82, 2.24) is 9.80 Å². The van der Waals surface area contributed by atoms with Gasteiger partial charge in [-0.2, -0.15) is 13.2 Å². The molecule has 36 heavy (non-hydrogen) atoms. The lowest BCUT2D eigenvalue weighted by Crippen LogP contribution is -2.50. The van der Waals surface area contributed by atoms with Crippen molar-refractivity contribution in [3.05, 3.63) is 59.2 Å². The van der Waals surface area contributed by atoms with E-state index in [1.807, 2.05) is 18.2 Å². The summed E-state index contributed by atoms with van der Waals surface area (Å²) in [5.74, 6) is 1.04. The maximum absolute atomic E-state index is 12.8. The molecule has 0 amide bonds. The van der Waals surface area contributed by atoms with Crippen LogP contribution in [0.15, 0.2) is 42.5 Å². The summed E-state index contributed by atoms with van der Waals surface area (Å²) in [5, 5.41) is 11.7. The van der Waals surface area contributed by atoms with Crippen LogP contribution >= 0.6 is 0 Å². The second kappa shape index (κ2) is 11.4. The molecule has 4 rings (SSSR count). The van der Waals surface area contributed by atoms with Gasteiger partial charge in [-0.15, -0.1) is 0 Å². The summed E-state index contributed by atoms with van der Waals surface area (Å²) >= 11 is 0. The number of hydrogen-bond acceptors (Lipinski definition) is 5. The molecule has 0 radical (unpaired) electrons. The number of benzene rings is 2. The highest BCUT2D eigenvalue weighted by atomic mass is 19.4. The Bertz CT molecular complexity index is 983. The molecule has 1 saturated heterocycles. The van der Waals surface area contributed by atoms with Crippen LogP contribution in [0.25, 0.3) is 0 Å². The Morgan fingerprint density at radius 3 is 2.22 bits per heavy atom. The number of likely N-dealkylation sites (N-methyl/N-ethyl adjacent to an activating group) is 1. The first kappa shape index (κ1) is 26.8. The molecule has 1 aliphatic carbocycles. The lowest BCUT2D eigenvalue weighted by molar-refractivity contribution is -0.137. The molecule has 0 aromatic heterocycles. The average Bonchev–Trinajstić information content (AvgIpc) is 2.87. The van der Waals surface area contributed by atoms with Gasteiger partial charge in [0.05, 0.1) is 18.3 Å². The van der Waals surface area contributed by atoms with E-state index in [0.717, 1.165) is 82.5 Å². The van der Waals surface area contributed by atoms with Crippen molar-refractivity contribution in [1.29, 1.82) is 0 Å². The fraction of sp³-hybridized carbons (Fsp3) is 0.571. The van der Waals surface area contributed by atoms with Crippen molar-refractivity contribution in [3.8, 4) is 11.5 Å². The zero-order valence-corrected chi connectivity index (χ0v) is 21.2. The molecule has 0 bridgehead atoms. The molecule has 2 fully saturated rings. The number of ether oxygens (including phenoxy) is 2. The molecule has 2 aliphatic rings. The van der Waals surface area contributed by atoms with Gasteiger partial charge in [0, 0.05) is 38.6 Å². The van der Waals surface area contributed by atoms with Crippen molar-refractivity contribution in [3.63, 3.8) is 0 Å². The third-order valence-electron chi connectivity index (χ3n) is 7.67. The van der Waals surface area contributed by atoms with Crippen LogP contribution in [0, 0.1) is 0 Å². The van der Waals surface area contributed by atoms with Crippen LogP contribution in [-0.2, 0) is 12.8 Å². The van der Waals surface area contributed by atoms with E-state index in [0.29, 0.717) is 17.1 Å². The normalized spacial score (nSPS) is 20.2. The molecule has 1 heterocycles. The highest BCUT2D eigenvalue weighted by Gasteiger charge is 2.40. The molecule has 1 N–H and O–H groups in total. The third kappa shape index (κ3) is 6.52. The van der Waals surface area contributed by atoms with E-state index in [-0.39, 0.29) is 12.5 Å². The van der Waals surface area contributed by atoms with E-state index < -0.39 is 17.3 Å². The predicted octanol–water partition coefficient (Wildman–Crippen LogP) is 5.32. The number of rotatable bonds is 8. The van der Waals surface area contributed by atoms with Crippen LogP contribution in [0.5, 0.6) is 11.5 Å². The maximum atomic E-state index is 12.8.